The summed E-state index contributed by atoms with van der Waals surface area (Å²) < 4.78 is 14.1. The maximum absolute atomic E-state index is 14.1. The Bertz CT molecular complexity index is 401. The maximum atomic E-state index is 14.1. The first-order valence-electron chi connectivity index (χ1n) is 7.06. The third-order valence-corrected chi connectivity index (χ3v) is 4.25. The Morgan fingerprint density at radius 1 is 0.889 bits per heavy atom. The molecule has 0 heterocycles. The van der Waals surface area contributed by atoms with E-state index >= 15 is 0 Å². The van der Waals surface area contributed by atoms with Crippen LogP contribution < -0.4 is 0 Å². The van der Waals surface area contributed by atoms with E-state index in [0.29, 0.717) is 11.8 Å². The molecule has 0 aromatic heterocycles. The van der Waals surface area contributed by atoms with Crippen LogP contribution in [0.5, 0.6) is 0 Å². The third-order valence-electron chi connectivity index (χ3n) is 4.25. The molecule has 1 rings (SSSR count). The average molecular weight is 250 g/mol. The van der Waals surface area contributed by atoms with E-state index in [0.717, 1.165) is 28.7 Å². The lowest BCUT2D eigenvalue weighted by Crippen LogP contribution is -2.10. The van der Waals surface area contributed by atoms with Gasteiger partial charge in [0.25, 0.3) is 0 Å². The van der Waals surface area contributed by atoms with E-state index in [1.807, 2.05) is 13.8 Å². The smallest absolute Gasteiger partial charge is 0.129 e. The molecule has 1 aromatic rings. The molecule has 0 saturated heterocycles. The molecule has 1 atom stereocenters. The number of halogens is 1. The first kappa shape index (κ1) is 15.2. The van der Waals surface area contributed by atoms with Gasteiger partial charge in [0.15, 0.2) is 0 Å². The first-order chi connectivity index (χ1) is 8.31. The minimum atomic E-state index is -0.0202. The van der Waals surface area contributed by atoms with Crippen LogP contribution in [0.4, 0.5) is 4.39 Å². The predicted octanol–water partition coefficient (Wildman–Crippen LogP) is 5.60. The van der Waals surface area contributed by atoms with Crippen molar-refractivity contribution in [2.45, 2.75) is 67.2 Å². The van der Waals surface area contributed by atoms with E-state index in [1.54, 1.807) is 0 Å². The highest BCUT2D eigenvalue weighted by molar-refractivity contribution is 5.47. The SMILES string of the molecule is CCC(CC(C)C)c1c(C)c(C)c(F)c(C)c1C. The fourth-order valence-corrected chi connectivity index (χ4v) is 2.97. The Balaban J connectivity index is 3.39. The molecule has 0 saturated carbocycles. The average Bonchev–Trinajstić information content (AvgIpc) is 2.32. The van der Waals surface area contributed by atoms with Gasteiger partial charge in [-0.3, -0.25) is 0 Å². The molecule has 0 fully saturated rings. The summed E-state index contributed by atoms with van der Waals surface area (Å²) in [7, 11) is 0. The topological polar surface area (TPSA) is 0 Å². The number of hydrogen-bond donors (Lipinski definition) is 0. The molecule has 1 aromatic carbocycles. The van der Waals surface area contributed by atoms with Crippen LogP contribution in [0.1, 0.15) is 67.3 Å². The highest BCUT2D eigenvalue weighted by atomic mass is 19.1. The molecular weight excluding hydrogens is 223 g/mol. The highest BCUT2D eigenvalue weighted by Crippen LogP contribution is 2.35. The number of benzene rings is 1. The van der Waals surface area contributed by atoms with E-state index in [1.165, 1.54) is 12.0 Å². The summed E-state index contributed by atoms with van der Waals surface area (Å²) in [6.07, 6.45) is 2.31. The molecule has 0 aliphatic heterocycles. The third kappa shape index (κ3) is 2.76. The van der Waals surface area contributed by atoms with Crippen molar-refractivity contribution in [3.05, 3.63) is 33.6 Å². The minimum absolute atomic E-state index is 0.0202. The van der Waals surface area contributed by atoms with Gasteiger partial charge in [-0.05, 0) is 80.2 Å². The van der Waals surface area contributed by atoms with Crippen molar-refractivity contribution in [2.75, 3.05) is 0 Å². The molecule has 0 bridgehead atoms. The Morgan fingerprint density at radius 3 is 1.67 bits per heavy atom. The lowest BCUT2D eigenvalue weighted by molar-refractivity contribution is 0.484. The van der Waals surface area contributed by atoms with Crippen LogP contribution in [0.2, 0.25) is 0 Å². The molecule has 0 aliphatic carbocycles. The Labute approximate surface area is 112 Å². The normalized spacial score (nSPS) is 13.2. The van der Waals surface area contributed by atoms with Gasteiger partial charge >= 0.3 is 0 Å². The van der Waals surface area contributed by atoms with Crippen molar-refractivity contribution in [3.8, 4) is 0 Å². The fourth-order valence-electron chi connectivity index (χ4n) is 2.97. The van der Waals surface area contributed by atoms with Crippen molar-refractivity contribution < 1.29 is 4.39 Å². The number of hydrogen-bond acceptors (Lipinski definition) is 0. The summed E-state index contributed by atoms with van der Waals surface area (Å²) >= 11 is 0. The standard InChI is InChI=1S/C17H27F/c1-8-15(9-10(2)3)16-11(4)13(6)17(18)14(7)12(16)5/h10,15H,8-9H2,1-7H3. The van der Waals surface area contributed by atoms with Crippen LogP contribution in [0.3, 0.4) is 0 Å². The fraction of sp³-hybridized carbons (Fsp3) is 0.647. The second-order valence-corrected chi connectivity index (χ2v) is 5.96. The van der Waals surface area contributed by atoms with E-state index in [9.17, 15) is 4.39 Å². The van der Waals surface area contributed by atoms with E-state index in [2.05, 4.69) is 34.6 Å². The molecule has 102 valence electrons. The van der Waals surface area contributed by atoms with Crippen molar-refractivity contribution >= 4 is 0 Å². The second-order valence-electron chi connectivity index (χ2n) is 5.96. The summed E-state index contributed by atoms with van der Waals surface area (Å²) in [5.41, 5.74) is 5.36. The van der Waals surface area contributed by atoms with Gasteiger partial charge in [0, 0.05) is 0 Å². The maximum Gasteiger partial charge on any atom is 0.129 e. The van der Waals surface area contributed by atoms with Crippen LogP contribution in [-0.2, 0) is 0 Å². The predicted molar refractivity (Wildman–Crippen MR) is 77.8 cm³/mol. The van der Waals surface area contributed by atoms with Crippen molar-refractivity contribution in [2.24, 2.45) is 5.92 Å². The van der Waals surface area contributed by atoms with E-state index in [4.69, 9.17) is 0 Å². The minimum Gasteiger partial charge on any atom is -0.206 e. The summed E-state index contributed by atoms with van der Waals surface area (Å²) in [6, 6.07) is 0. The summed E-state index contributed by atoms with van der Waals surface area (Å²) in [5, 5.41) is 0. The van der Waals surface area contributed by atoms with Crippen LogP contribution in [-0.4, -0.2) is 0 Å². The van der Waals surface area contributed by atoms with Crippen molar-refractivity contribution in [3.63, 3.8) is 0 Å². The van der Waals surface area contributed by atoms with Gasteiger partial charge in [-0.15, -0.1) is 0 Å². The van der Waals surface area contributed by atoms with Crippen LogP contribution in [0.15, 0.2) is 0 Å². The second kappa shape index (κ2) is 5.86. The molecule has 0 radical (unpaired) electrons. The quantitative estimate of drug-likeness (QED) is 0.652. The van der Waals surface area contributed by atoms with Gasteiger partial charge in [0.2, 0.25) is 0 Å². The van der Waals surface area contributed by atoms with Crippen molar-refractivity contribution in [1.82, 2.24) is 0 Å². The van der Waals surface area contributed by atoms with Crippen molar-refractivity contribution in [1.29, 1.82) is 0 Å². The van der Waals surface area contributed by atoms with Gasteiger partial charge in [0.05, 0.1) is 0 Å². The van der Waals surface area contributed by atoms with Gasteiger partial charge in [-0.25, -0.2) is 4.39 Å². The van der Waals surface area contributed by atoms with Gasteiger partial charge in [-0.1, -0.05) is 20.8 Å². The first-order valence-corrected chi connectivity index (χ1v) is 7.06. The Morgan fingerprint density at radius 2 is 1.33 bits per heavy atom. The molecule has 0 nitrogen and oxygen atoms in total. The van der Waals surface area contributed by atoms with E-state index in [-0.39, 0.29) is 5.82 Å². The van der Waals surface area contributed by atoms with Gasteiger partial charge in [0.1, 0.15) is 5.82 Å². The Kier molecular flexibility index (Phi) is 4.95. The zero-order valence-corrected chi connectivity index (χ0v) is 12.9. The molecule has 0 aliphatic rings. The zero-order valence-electron chi connectivity index (χ0n) is 12.9. The van der Waals surface area contributed by atoms with Crippen LogP contribution >= 0.6 is 0 Å². The summed E-state index contributed by atoms with van der Waals surface area (Å²) in [6.45, 7) is 14.7. The molecule has 0 amide bonds. The molecule has 18 heavy (non-hydrogen) atoms. The highest BCUT2D eigenvalue weighted by Gasteiger charge is 2.21. The van der Waals surface area contributed by atoms with Gasteiger partial charge in [-0.2, -0.15) is 0 Å². The largest absolute Gasteiger partial charge is 0.206 e. The molecule has 0 spiro atoms. The van der Waals surface area contributed by atoms with Gasteiger partial charge < -0.3 is 0 Å². The monoisotopic (exact) mass is 250 g/mol. The Hall–Kier alpha value is -0.850. The molecule has 1 heteroatoms. The van der Waals surface area contributed by atoms with Crippen LogP contribution in [0, 0.1) is 39.4 Å². The van der Waals surface area contributed by atoms with Crippen LogP contribution in [0.25, 0.3) is 0 Å². The zero-order chi connectivity index (χ0) is 14.0. The lowest BCUT2D eigenvalue weighted by Gasteiger charge is -2.25. The molecule has 1 unspecified atom stereocenters. The van der Waals surface area contributed by atoms with E-state index < -0.39 is 0 Å². The molecule has 0 N–H and O–H groups in total. The molecular formula is C17H27F. The number of rotatable bonds is 4. The lowest BCUT2D eigenvalue weighted by atomic mass is 9.80. The summed E-state index contributed by atoms with van der Waals surface area (Å²) in [4.78, 5) is 0. The summed E-state index contributed by atoms with van der Waals surface area (Å²) in [5.74, 6) is 1.22.